The molecule has 1 aromatic heterocycles. The Morgan fingerprint density at radius 1 is 1.33 bits per heavy atom. The number of rotatable bonds is 6. The lowest BCUT2D eigenvalue weighted by atomic mass is 9.81. The van der Waals surface area contributed by atoms with Gasteiger partial charge in [0.15, 0.2) is 0 Å². The Kier molecular flexibility index (Phi) is 4.45. The highest BCUT2D eigenvalue weighted by Gasteiger charge is 2.50. The molecule has 0 aromatic carbocycles. The SMILES string of the molecule is CCC1(CC)CN(CCc2ccsc2)C(C)(C2CC2)CN1. The predicted molar refractivity (Wildman–Crippen MR) is 92.0 cm³/mol. The summed E-state index contributed by atoms with van der Waals surface area (Å²) in [5.74, 6) is 0.916. The summed E-state index contributed by atoms with van der Waals surface area (Å²) in [6.07, 6.45) is 6.53. The number of nitrogens with zero attached hydrogens (tertiary/aromatic N) is 1. The Hall–Kier alpha value is -0.380. The van der Waals surface area contributed by atoms with Crippen LogP contribution in [0.1, 0.15) is 52.0 Å². The highest BCUT2D eigenvalue weighted by molar-refractivity contribution is 7.07. The number of thiophene rings is 1. The summed E-state index contributed by atoms with van der Waals surface area (Å²) in [5, 5.41) is 8.44. The van der Waals surface area contributed by atoms with Crippen molar-refractivity contribution in [3.05, 3.63) is 22.4 Å². The molecule has 1 saturated heterocycles. The van der Waals surface area contributed by atoms with Gasteiger partial charge in [-0.1, -0.05) is 13.8 Å². The molecule has 2 fully saturated rings. The molecule has 3 rings (SSSR count). The van der Waals surface area contributed by atoms with Crippen molar-refractivity contribution in [2.24, 2.45) is 5.92 Å². The van der Waals surface area contributed by atoms with E-state index in [1.807, 2.05) is 11.3 Å². The van der Waals surface area contributed by atoms with Crippen molar-refractivity contribution in [1.82, 2.24) is 10.2 Å². The number of nitrogens with one attached hydrogen (secondary N) is 1. The Morgan fingerprint density at radius 3 is 2.67 bits per heavy atom. The third-order valence-corrected chi connectivity index (χ3v) is 6.83. The molecule has 2 nitrogen and oxygen atoms in total. The monoisotopic (exact) mass is 306 g/mol. The minimum atomic E-state index is 0.336. The van der Waals surface area contributed by atoms with E-state index in [9.17, 15) is 0 Å². The van der Waals surface area contributed by atoms with Gasteiger partial charge in [-0.2, -0.15) is 11.3 Å². The van der Waals surface area contributed by atoms with Crippen LogP contribution in [0.25, 0.3) is 0 Å². The Bertz CT molecular complexity index is 448. The molecule has 1 N–H and O–H groups in total. The summed E-state index contributed by atoms with van der Waals surface area (Å²) in [7, 11) is 0. The Labute approximate surface area is 133 Å². The van der Waals surface area contributed by atoms with Crippen LogP contribution < -0.4 is 5.32 Å². The molecule has 1 aliphatic carbocycles. The van der Waals surface area contributed by atoms with Gasteiger partial charge in [0.25, 0.3) is 0 Å². The normalized spacial score (nSPS) is 29.7. The fraction of sp³-hybridized carbons (Fsp3) is 0.778. The van der Waals surface area contributed by atoms with Crippen LogP contribution in [0.4, 0.5) is 0 Å². The topological polar surface area (TPSA) is 15.3 Å². The fourth-order valence-corrected chi connectivity index (χ4v) is 4.65. The van der Waals surface area contributed by atoms with Crippen molar-refractivity contribution in [3.63, 3.8) is 0 Å². The zero-order chi connectivity index (χ0) is 14.9. The quantitative estimate of drug-likeness (QED) is 0.857. The highest BCUT2D eigenvalue weighted by Crippen LogP contribution is 2.45. The molecule has 1 aliphatic heterocycles. The molecular weight excluding hydrogens is 276 g/mol. The van der Waals surface area contributed by atoms with Crippen molar-refractivity contribution in [2.45, 2.75) is 64.0 Å². The first-order valence-electron chi connectivity index (χ1n) is 8.63. The van der Waals surface area contributed by atoms with E-state index in [4.69, 9.17) is 0 Å². The number of hydrogen-bond acceptors (Lipinski definition) is 3. The maximum absolute atomic E-state index is 3.93. The Morgan fingerprint density at radius 2 is 2.10 bits per heavy atom. The molecule has 21 heavy (non-hydrogen) atoms. The minimum absolute atomic E-state index is 0.336. The third kappa shape index (κ3) is 3.06. The number of piperazine rings is 1. The second kappa shape index (κ2) is 6.02. The van der Waals surface area contributed by atoms with Crippen LogP contribution in [0.2, 0.25) is 0 Å². The van der Waals surface area contributed by atoms with Crippen LogP contribution in [0.5, 0.6) is 0 Å². The smallest absolute Gasteiger partial charge is 0.0335 e. The second-order valence-corrected chi connectivity index (χ2v) is 8.06. The lowest BCUT2D eigenvalue weighted by Crippen LogP contribution is -2.69. The van der Waals surface area contributed by atoms with Crippen molar-refractivity contribution >= 4 is 11.3 Å². The van der Waals surface area contributed by atoms with Crippen LogP contribution in [-0.2, 0) is 6.42 Å². The molecule has 2 heterocycles. The standard InChI is InChI=1S/C18H30N2S/c1-4-18(5-2)14-20(10-8-15-9-11-21-12-15)17(3,13-19-18)16-6-7-16/h9,11-12,16,19H,4-8,10,13-14H2,1-3H3. The molecule has 2 aliphatic rings. The average Bonchev–Trinajstić information content (AvgIpc) is 3.25. The van der Waals surface area contributed by atoms with Crippen LogP contribution in [-0.4, -0.2) is 35.6 Å². The molecule has 0 amide bonds. The van der Waals surface area contributed by atoms with Gasteiger partial charge >= 0.3 is 0 Å². The van der Waals surface area contributed by atoms with Crippen LogP contribution >= 0.6 is 11.3 Å². The van der Waals surface area contributed by atoms with Crippen molar-refractivity contribution in [2.75, 3.05) is 19.6 Å². The van der Waals surface area contributed by atoms with Gasteiger partial charge in [0.05, 0.1) is 0 Å². The van der Waals surface area contributed by atoms with Gasteiger partial charge in [0.2, 0.25) is 0 Å². The van der Waals surface area contributed by atoms with Gasteiger partial charge in [-0.05, 0) is 67.3 Å². The molecule has 0 bridgehead atoms. The summed E-state index contributed by atoms with van der Waals surface area (Å²) in [4.78, 5) is 2.83. The lowest BCUT2D eigenvalue weighted by molar-refractivity contribution is -0.00126. The van der Waals surface area contributed by atoms with E-state index in [-0.39, 0.29) is 0 Å². The highest BCUT2D eigenvalue weighted by atomic mass is 32.1. The first-order chi connectivity index (χ1) is 10.1. The molecule has 1 saturated carbocycles. The van der Waals surface area contributed by atoms with E-state index in [1.54, 1.807) is 0 Å². The zero-order valence-electron chi connectivity index (χ0n) is 13.8. The van der Waals surface area contributed by atoms with E-state index < -0.39 is 0 Å². The first-order valence-corrected chi connectivity index (χ1v) is 9.57. The van der Waals surface area contributed by atoms with Gasteiger partial charge < -0.3 is 5.32 Å². The predicted octanol–water partition coefficient (Wildman–Crippen LogP) is 3.92. The molecule has 0 radical (unpaired) electrons. The number of hydrogen-bond donors (Lipinski definition) is 1. The van der Waals surface area contributed by atoms with Crippen molar-refractivity contribution in [3.8, 4) is 0 Å². The molecule has 1 aromatic rings. The van der Waals surface area contributed by atoms with Crippen molar-refractivity contribution in [1.29, 1.82) is 0 Å². The van der Waals surface area contributed by atoms with E-state index >= 15 is 0 Å². The lowest BCUT2D eigenvalue weighted by Gasteiger charge is -2.54. The van der Waals surface area contributed by atoms with E-state index in [0.717, 1.165) is 5.92 Å². The first kappa shape index (κ1) is 15.5. The molecule has 3 heteroatoms. The van der Waals surface area contributed by atoms with E-state index in [2.05, 4.69) is 47.8 Å². The molecule has 1 unspecified atom stereocenters. The van der Waals surface area contributed by atoms with Crippen LogP contribution in [0, 0.1) is 5.92 Å². The van der Waals surface area contributed by atoms with Gasteiger partial charge in [-0.25, -0.2) is 0 Å². The van der Waals surface area contributed by atoms with Crippen molar-refractivity contribution < 1.29 is 0 Å². The summed E-state index contributed by atoms with van der Waals surface area (Å²) in [5.41, 5.74) is 2.22. The molecular formula is C18H30N2S. The van der Waals surface area contributed by atoms with Gasteiger partial charge in [-0.3, -0.25) is 4.90 Å². The molecule has 118 valence electrons. The third-order valence-electron chi connectivity index (χ3n) is 6.10. The summed E-state index contributed by atoms with van der Waals surface area (Å²) in [6, 6.07) is 2.29. The summed E-state index contributed by atoms with van der Waals surface area (Å²) in [6.45, 7) is 10.8. The average molecular weight is 307 g/mol. The van der Waals surface area contributed by atoms with Gasteiger partial charge in [0, 0.05) is 30.7 Å². The largest absolute Gasteiger partial charge is 0.308 e. The Balaban J connectivity index is 1.73. The zero-order valence-corrected chi connectivity index (χ0v) is 14.6. The fourth-order valence-electron chi connectivity index (χ4n) is 3.94. The van der Waals surface area contributed by atoms with E-state index in [1.165, 1.54) is 57.3 Å². The molecule has 0 spiro atoms. The maximum atomic E-state index is 3.93. The molecule has 1 atom stereocenters. The van der Waals surface area contributed by atoms with Crippen LogP contribution in [0.3, 0.4) is 0 Å². The maximum Gasteiger partial charge on any atom is 0.0335 e. The van der Waals surface area contributed by atoms with E-state index in [0.29, 0.717) is 11.1 Å². The second-order valence-electron chi connectivity index (χ2n) is 7.28. The minimum Gasteiger partial charge on any atom is -0.308 e. The van der Waals surface area contributed by atoms with Gasteiger partial charge in [0.1, 0.15) is 0 Å². The summed E-state index contributed by atoms with van der Waals surface area (Å²) < 4.78 is 0. The summed E-state index contributed by atoms with van der Waals surface area (Å²) >= 11 is 1.82. The van der Waals surface area contributed by atoms with Crippen LogP contribution in [0.15, 0.2) is 16.8 Å². The van der Waals surface area contributed by atoms with Gasteiger partial charge in [-0.15, -0.1) is 0 Å².